The molecule has 0 unspecified atom stereocenters. The fourth-order valence-electron chi connectivity index (χ4n) is 10.2. The molecule has 358 valence electrons. The lowest BCUT2D eigenvalue weighted by atomic mass is 9.88. The van der Waals surface area contributed by atoms with Gasteiger partial charge in [-0.3, -0.25) is 15.0 Å². The third-order valence-electron chi connectivity index (χ3n) is 13.9. The second-order valence-corrected chi connectivity index (χ2v) is 18.6. The number of fused-ring (bicyclic) bond motifs is 3. The van der Waals surface area contributed by atoms with Gasteiger partial charge >= 0.3 is 0 Å². The van der Waals surface area contributed by atoms with Crippen LogP contribution in [0.3, 0.4) is 0 Å². The molecular weight excluding hydrogens is 889 g/mol. The van der Waals surface area contributed by atoms with Crippen LogP contribution < -0.4 is 0 Å². The Bertz CT molecular complexity index is 4200. The Morgan fingerprint density at radius 1 is 0.493 bits per heavy atom. The fourth-order valence-corrected chi connectivity index (χ4v) is 10.2. The molecule has 73 heavy (non-hydrogen) atoms. The second kappa shape index (κ2) is 21.0. The molecule has 2 fully saturated rings. The Morgan fingerprint density at radius 2 is 0.986 bits per heavy atom. The van der Waals surface area contributed by atoms with Gasteiger partial charge < -0.3 is 4.42 Å². The molecule has 0 saturated heterocycles. The summed E-state index contributed by atoms with van der Waals surface area (Å²) in [6, 6.07) is 45.4. The monoisotopic (exact) mass is 964 g/mol. The highest BCUT2D eigenvalue weighted by molar-refractivity contribution is 6.13. The molecule has 0 radical (unpaired) electrons. The van der Waals surface area contributed by atoms with Crippen LogP contribution in [-0.2, 0) is 38.2 Å². The SMILES string of the molecule is [2H]c1cc2c(oc3c(-c4ccc(C([2H])([2H])C([2H])([2H])c5cc(C([2H])([2H])C([2H])([2H])c6cnc(-c7ccccc7)cc6C6([2H])CCCC6)cc(C([2H])([2H])C([2H])([2H])c6cnc(-c7ccccc7)cc6C6([2H])CCCC6)c5)cn4)cccc32)c(-c2ccccc2)c1C#N. The van der Waals surface area contributed by atoms with Crippen molar-refractivity contribution in [1.29, 1.82) is 5.26 Å². The zero-order valence-electron chi connectivity index (χ0n) is 55.1. The van der Waals surface area contributed by atoms with Crippen molar-refractivity contribution in [2.24, 2.45) is 0 Å². The number of para-hydroxylation sites is 1. The highest BCUT2D eigenvalue weighted by atomic mass is 16.3. The zero-order valence-corrected chi connectivity index (χ0v) is 40.1. The van der Waals surface area contributed by atoms with Crippen molar-refractivity contribution in [3.63, 3.8) is 0 Å². The largest absolute Gasteiger partial charge is 0.455 e. The van der Waals surface area contributed by atoms with E-state index in [9.17, 15) is 24.5 Å². The van der Waals surface area contributed by atoms with Crippen LogP contribution in [0, 0.1) is 11.3 Å². The van der Waals surface area contributed by atoms with E-state index < -0.39 is 66.7 Å². The molecular formula is C68H60N4O. The van der Waals surface area contributed by atoms with Gasteiger partial charge in [-0.2, -0.15) is 5.26 Å². The van der Waals surface area contributed by atoms with E-state index in [1.165, 1.54) is 24.5 Å². The summed E-state index contributed by atoms with van der Waals surface area (Å²) in [6.07, 6.45) is -11.3. The van der Waals surface area contributed by atoms with Gasteiger partial charge in [-0.25, -0.2) is 0 Å². The maximum Gasteiger partial charge on any atom is 0.144 e. The summed E-state index contributed by atoms with van der Waals surface area (Å²) < 4.78 is 153. The maximum atomic E-state index is 10.2. The fraction of sp³-hybridized carbons (Fsp3) is 0.235. The summed E-state index contributed by atoms with van der Waals surface area (Å²) in [6.45, 7) is 0. The van der Waals surface area contributed by atoms with Gasteiger partial charge in [0.2, 0.25) is 0 Å². The van der Waals surface area contributed by atoms with Crippen LogP contribution in [0.5, 0.6) is 0 Å². The Hall–Kier alpha value is -7.94. The highest BCUT2D eigenvalue weighted by Crippen LogP contribution is 2.42. The number of hydrogen-bond acceptors (Lipinski definition) is 5. The molecule has 0 amide bonds. The van der Waals surface area contributed by atoms with E-state index in [0.717, 1.165) is 24.4 Å². The van der Waals surface area contributed by atoms with Crippen molar-refractivity contribution in [2.75, 3.05) is 0 Å². The van der Waals surface area contributed by atoms with Gasteiger partial charge in [0.05, 0.1) is 30.1 Å². The van der Waals surface area contributed by atoms with Crippen molar-refractivity contribution in [1.82, 2.24) is 15.0 Å². The van der Waals surface area contributed by atoms with Crippen LogP contribution in [0.15, 0.2) is 187 Å². The molecule has 5 heteroatoms. The number of aromatic nitrogens is 3. The van der Waals surface area contributed by atoms with E-state index >= 15 is 0 Å². The molecule has 0 bridgehead atoms. The van der Waals surface area contributed by atoms with Gasteiger partial charge in [0.25, 0.3) is 0 Å². The number of hydrogen-bond donors (Lipinski definition) is 0. The summed E-state index contributed by atoms with van der Waals surface area (Å²) in [4.78, 5) is 13.9. The minimum atomic E-state index is -3.25. The average Bonchev–Trinajstić information content (AvgIpc) is 0.840. The highest BCUT2D eigenvalue weighted by Gasteiger charge is 2.24. The third kappa shape index (κ3) is 9.88. The van der Waals surface area contributed by atoms with Crippen molar-refractivity contribution in [2.45, 2.75) is 101 Å². The number of nitrogens with zero attached hydrogens (tertiary/aromatic N) is 4. The third-order valence-corrected chi connectivity index (χ3v) is 13.9. The summed E-state index contributed by atoms with van der Waals surface area (Å²) in [5.74, 6) is -2.70. The molecule has 6 aromatic carbocycles. The Morgan fingerprint density at radius 3 is 1.51 bits per heavy atom. The number of benzene rings is 6. The van der Waals surface area contributed by atoms with Gasteiger partial charge in [0, 0.05) is 70.8 Å². The van der Waals surface area contributed by atoms with Crippen LogP contribution in [0.1, 0.15) is 134 Å². The Balaban J connectivity index is 0.995. The topological polar surface area (TPSA) is 75.6 Å². The van der Waals surface area contributed by atoms with E-state index in [-0.39, 0.29) is 39.4 Å². The first-order chi connectivity index (χ1) is 41.7. The van der Waals surface area contributed by atoms with Gasteiger partial charge in [0.15, 0.2) is 0 Å². The number of furan rings is 1. The van der Waals surface area contributed by atoms with Crippen molar-refractivity contribution in [3.8, 4) is 51.0 Å². The summed E-state index contributed by atoms with van der Waals surface area (Å²) in [5, 5.41) is 11.4. The molecule has 12 rings (SSSR count). The lowest BCUT2D eigenvalue weighted by Gasteiger charge is -2.18. The van der Waals surface area contributed by atoms with Gasteiger partial charge in [-0.15, -0.1) is 0 Å². The van der Waals surface area contributed by atoms with Crippen LogP contribution >= 0.6 is 0 Å². The van der Waals surface area contributed by atoms with Crippen LogP contribution in [0.25, 0.3) is 66.8 Å². The smallest absolute Gasteiger partial charge is 0.144 e. The lowest BCUT2D eigenvalue weighted by Crippen LogP contribution is -2.05. The molecule has 2 saturated carbocycles. The molecule has 0 N–H and O–H groups in total. The quantitative estimate of drug-likeness (QED) is 0.102. The molecule has 4 heterocycles. The molecule has 5 nitrogen and oxygen atoms in total. The number of nitriles is 1. The average molecular weight is 964 g/mol. The number of pyridine rings is 3. The molecule has 2 aliphatic carbocycles. The standard InChI is InChI=1S/C68H60N4O/c69-42-55-34-35-59-58-25-14-26-60(67(58)73-68(59)66(55)54-23-8-3-9-24-54)63-36-31-46(43-70-63)27-28-47-37-48(29-32-56-44-71-64(52-19-4-1-5-20-52)40-61(56)50-15-10-11-16-50)39-49(38-47)30-33-57-45-72-65(53-21-6-2-7-22-53)41-62(57)51-17-12-13-18-51/h1-9,14,19-26,31,34-41,43-45,50-51H,10-13,15-18,27-30,32-33H2/i27D2,28D2,29D2,30D2,32D2,33D2,34D,50D,51D. The Kier molecular flexibility index (Phi) is 9.28. The predicted molar refractivity (Wildman–Crippen MR) is 298 cm³/mol. The summed E-state index contributed by atoms with van der Waals surface area (Å²) in [7, 11) is 0. The van der Waals surface area contributed by atoms with Crippen LogP contribution in [-0.4, -0.2) is 15.0 Å². The molecule has 0 aliphatic heterocycles. The van der Waals surface area contributed by atoms with Crippen molar-refractivity contribution < 1.29 is 25.0 Å². The molecule has 0 spiro atoms. The van der Waals surface area contributed by atoms with Crippen LogP contribution in [0.2, 0.25) is 0 Å². The van der Waals surface area contributed by atoms with E-state index in [0.29, 0.717) is 118 Å². The number of aryl methyl sites for hydroxylation is 6. The lowest BCUT2D eigenvalue weighted by molar-refractivity contribution is 0.670. The molecule has 4 aromatic heterocycles. The minimum Gasteiger partial charge on any atom is -0.455 e. The molecule has 0 atom stereocenters. The normalized spacial score (nSPS) is 19.1. The number of rotatable bonds is 15. The van der Waals surface area contributed by atoms with E-state index in [2.05, 4.69) is 21.0 Å². The van der Waals surface area contributed by atoms with Gasteiger partial charge in [0.1, 0.15) is 11.2 Å². The van der Waals surface area contributed by atoms with Gasteiger partial charge in [-0.05, 0) is 162 Å². The second-order valence-electron chi connectivity index (χ2n) is 18.6. The first kappa shape index (κ1) is 32.2. The first-order valence-electron chi connectivity index (χ1n) is 32.5. The molecule has 2 aliphatic rings. The van der Waals surface area contributed by atoms with E-state index in [1.807, 2.05) is 97.1 Å². The van der Waals surface area contributed by atoms with E-state index in [1.54, 1.807) is 30.3 Å². The Labute approximate surface area is 450 Å². The summed E-state index contributed by atoms with van der Waals surface area (Å²) >= 11 is 0. The van der Waals surface area contributed by atoms with Crippen molar-refractivity contribution in [3.05, 3.63) is 232 Å². The molecule has 10 aromatic rings. The van der Waals surface area contributed by atoms with Crippen LogP contribution in [0.4, 0.5) is 0 Å². The summed E-state index contributed by atoms with van der Waals surface area (Å²) in [5.41, 5.74) is 2.69. The minimum absolute atomic E-state index is 0.00610. The maximum absolute atomic E-state index is 10.2. The first-order valence-corrected chi connectivity index (χ1v) is 25.0. The zero-order chi connectivity index (χ0) is 62.4. The van der Waals surface area contributed by atoms with Gasteiger partial charge in [-0.1, -0.05) is 153 Å². The van der Waals surface area contributed by atoms with E-state index in [4.69, 9.17) is 5.79 Å². The predicted octanol–water partition coefficient (Wildman–Crippen LogP) is 17.0. The van der Waals surface area contributed by atoms with Crippen molar-refractivity contribution >= 4 is 21.9 Å².